The molecule has 1 N–H and O–H groups in total. The average Bonchev–Trinajstić information content (AvgIpc) is 2.36. The summed E-state index contributed by atoms with van der Waals surface area (Å²) in [6, 6.07) is 3.92. The van der Waals surface area contributed by atoms with Crippen molar-refractivity contribution in [3.8, 4) is 11.5 Å². The maximum Gasteiger partial charge on any atom is 0.246 e. The van der Waals surface area contributed by atoms with E-state index in [1.165, 1.54) is 0 Å². The van der Waals surface area contributed by atoms with E-state index in [1.807, 2.05) is 26.0 Å². The number of nitrogens with one attached hydrogen (secondary N) is 1. The SMILES string of the molecule is CC(C)N1C(=O)CNc2cc3c(cc21)OCCO3. The summed E-state index contributed by atoms with van der Waals surface area (Å²) in [6.45, 7) is 5.45. The van der Waals surface area contributed by atoms with Crippen LogP contribution in [0.2, 0.25) is 0 Å². The number of fused-ring (bicyclic) bond motifs is 2. The molecule has 0 radical (unpaired) electrons. The van der Waals surface area contributed by atoms with Crippen LogP contribution in [0.1, 0.15) is 13.8 Å². The van der Waals surface area contributed by atoms with Gasteiger partial charge >= 0.3 is 0 Å². The highest BCUT2D eigenvalue weighted by molar-refractivity contribution is 6.03. The number of ether oxygens (including phenoxy) is 2. The molecule has 0 aliphatic carbocycles. The van der Waals surface area contributed by atoms with E-state index in [-0.39, 0.29) is 11.9 Å². The molecule has 1 aromatic carbocycles. The fraction of sp³-hybridized carbons (Fsp3) is 0.462. The van der Waals surface area contributed by atoms with E-state index in [4.69, 9.17) is 9.47 Å². The summed E-state index contributed by atoms with van der Waals surface area (Å²) >= 11 is 0. The Labute approximate surface area is 106 Å². The summed E-state index contributed by atoms with van der Waals surface area (Å²) in [5.41, 5.74) is 1.79. The Balaban J connectivity index is 2.09. The highest BCUT2D eigenvalue weighted by atomic mass is 16.6. The summed E-state index contributed by atoms with van der Waals surface area (Å²) in [5.74, 6) is 1.53. The first kappa shape index (κ1) is 11.2. The fourth-order valence-electron chi connectivity index (χ4n) is 2.38. The van der Waals surface area contributed by atoms with Gasteiger partial charge in [-0.1, -0.05) is 0 Å². The molecule has 1 aromatic rings. The molecule has 0 atom stereocenters. The van der Waals surface area contributed by atoms with E-state index in [2.05, 4.69) is 5.32 Å². The first-order valence-electron chi connectivity index (χ1n) is 6.16. The van der Waals surface area contributed by atoms with Gasteiger partial charge in [0.05, 0.1) is 17.9 Å². The lowest BCUT2D eigenvalue weighted by molar-refractivity contribution is -0.117. The van der Waals surface area contributed by atoms with Crippen LogP contribution in [-0.2, 0) is 4.79 Å². The van der Waals surface area contributed by atoms with E-state index in [9.17, 15) is 4.79 Å². The Hall–Kier alpha value is -1.91. The Kier molecular flexibility index (Phi) is 2.54. The summed E-state index contributed by atoms with van der Waals surface area (Å²) < 4.78 is 11.1. The number of nitrogens with zero attached hydrogens (tertiary/aromatic N) is 1. The number of hydrogen-bond acceptors (Lipinski definition) is 4. The predicted molar refractivity (Wildman–Crippen MR) is 68.5 cm³/mol. The lowest BCUT2D eigenvalue weighted by Gasteiger charge is -2.34. The quantitative estimate of drug-likeness (QED) is 0.820. The van der Waals surface area contributed by atoms with E-state index in [0.29, 0.717) is 25.5 Å². The van der Waals surface area contributed by atoms with Crippen molar-refractivity contribution < 1.29 is 14.3 Å². The van der Waals surface area contributed by atoms with Crippen molar-refractivity contribution in [2.24, 2.45) is 0 Å². The van der Waals surface area contributed by atoms with Crippen molar-refractivity contribution >= 4 is 17.3 Å². The molecular formula is C13H16N2O3. The van der Waals surface area contributed by atoms with E-state index in [1.54, 1.807) is 4.90 Å². The summed E-state index contributed by atoms with van der Waals surface area (Å²) in [5, 5.41) is 3.12. The number of amides is 1. The molecule has 5 heteroatoms. The Morgan fingerprint density at radius 3 is 2.56 bits per heavy atom. The van der Waals surface area contributed by atoms with Gasteiger partial charge in [-0.15, -0.1) is 0 Å². The number of anilines is 2. The first-order valence-corrected chi connectivity index (χ1v) is 6.16. The molecule has 2 aliphatic heterocycles. The van der Waals surface area contributed by atoms with Crippen LogP contribution in [0.25, 0.3) is 0 Å². The summed E-state index contributed by atoms with van der Waals surface area (Å²) in [4.78, 5) is 13.8. The fourth-order valence-corrected chi connectivity index (χ4v) is 2.38. The number of benzene rings is 1. The van der Waals surface area contributed by atoms with Gasteiger partial charge in [0.1, 0.15) is 13.2 Å². The number of rotatable bonds is 1. The Morgan fingerprint density at radius 1 is 1.22 bits per heavy atom. The van der Waals surface area contributed by atoms with Crippen molar-refractivity contribution in [2.75, 3.05) is 30.0 Å². The second kappa shape index (κ2) is 4.08. The highest BCUT2D eigenvalue weighted by Gasteiger charge is 2.28. The van der Waals surface area contributed by atoms with Crippen LogP contribution >= 0.6 is 0 Å². The largest absolute Gasteiger partial charge is 0.486 e. The second-order valence-electron chi connectivity index (χ2n) is 4.72. The van der Waals surface area contributed by atoms with Crippen LogP contribution in [0, 0.1) is 0 Å². The average molecular weight is 248 g/mol. The molecule has 5 nitrogen and oxygen atoms in total. The van der Waals surface area contributed by atoms with Gasteiger partial charge < -0.3 is 19.7 Å². The van der Waals surface area contributed by atoms with Crippen LogP contribution < -0.4 is 19.7 Å². The molecule has 96 valence electrons. The minimum atomic E-state index is 0.0779. The van der Waals surface area contributed by atoms with E-state index >= 15 is 0 Å². The Morgan fingerprint density at radius 2 is 1.89 bits per heavy atom. The van der Waals surface area contributed by atoms with Crippen molar-refractivity contribution in [3.63, 3.8) is 0 Å². The van der Waals surface area contributed by atoms with Crippen molar-refractivity contribution in [2.45, 2.75) is 19.9 Å². The first-order chi connectivity index (χ1) is 8.66. The van der Waals surface area contributed by atoms with Gasteiger partial charge in [-0.25, -0.2) is 0 Å². The summed E-state index contributed by atoms with van der Waals surface area (Å²) in [6.07, 6.45) is 0. The van der Waals surface area contributed by atoms with Gasteiger partial charge in [-0.05, 0) is 13.8 Å². The zero-order valence-corrected chi connectivity index (χ0v) is 10.5. The molecule has 3 rings (SSSR count). The maximum absolute atomic E-state index is 12.0. The minimum Gasteiger partial charge on any atom is -0.486 e. The third kappa shape index (κ3) is 1.66. The lowest BCUT2D eigenvalue weighted by Crippen LogP contribution is -2.44. The molecule has 0 saturated carbocycles. The van der Waals surface area contributed by atoms with Crippen LogP contribution in [0.3, 0.4) is 0 Å². The molecule has 2 aliphatic rings. The molecule has 0 saturated heterocycles. The molecule has 18 heavy (non-hydrogen) atoms. The third-order valence-electron chi connectivity index (χ3n) is 3.14. The van der Waals surface area contributed by atoms with Gasteiger partial charge in [0.25, 0.3) is 0 Å². The van der Waals surface area contributed by atoms with Crippen LogP contribution in [0.5, 0.6) is 11.5 Å². The molecule has 1 amide bonds. The van der Waals surface area contributed by atoms with Gasteiger partial charge in [0.2, 0.25) is 5.91 Å². The summed E-state index contributed by atoms with van der Waals surface area (Å²) in [7, 11) is 0. The zero-order chi connectivity index (χ0) is 12.7. The topological polar surface area (TPSA) is 50.8 Å². The van der Waals surface area contributed by atoms with Crippen molar-refractivity contribution in [1.29, 1.82) is 0 Å². The Bertz CT molecular complexity index is 499. The van der Waals surface area contributed by atoms with E-state index in [0.717, 1.165) is 17.1 Å². The molecule has 0 spiro atoms. The molecule has 0 fully saturated rings. The second-order valence-corrected chi connectivity index (χ2v) is 4.72. The van der Waals surface area contributed by atoms with E-state index < -0.39 is 0 Å². The highest BCUT2D eigenvalue weighted by Crippen LogP contribution is 2.41. The molecular weight excluding hydrogens is 232 g/mol. The number of hydrogen-bond donors (Lipinski definition) is 1. The minimum absolute atomic E-state index is 0.0779. The van der Waals surface area contributed by atoms with Crippen LogP contribution in [-0.4, -0.2) is 31.7 Å². The molecule has 2 heterocycles. The van der Waals surface area contributed by atoms with Gasteiger partial charge in [0, 0.05) is 18.2 Å². The molecule has 0 unspecified atom stereocenters. The van der Waals surface area contributed by atoms with Gasteiger partial charge in [0.15, 0.2) is 11.5 Å². The molecule has 0 aromatic heterocycles. The maximum atomic E-state index is 12.0. The smallest absolute Gasteiger partial charge is 0.246 e. The molecule has 0 bridgehead atoms. The van der Waals surface area contributed by atoms with Crippen molar-refractivity contribution in [1.82, 2.24) is 0 Å². The van der Waals surface area contributed by atoms with Gasteiger partial charge in [-0.2, -0.15) is 0 Å². The standard InChI is InChI=1S/C13H16N2O3/c1-8(2)15-10-6-12-11(17-3-4-18-12)5-9(10)14-7-13(15)16/h5-6,8,14H,3-4,7H2,1-2H3. The normalized spacial score (nSPS) is 17.5. The monoisotopic (exact) mass is 248 g/mol. The lowest BCUT2D eigenvalue weighted by atomic mass is 10.1. The van der Waals surface area contributed by atoms with Crippen LogP contribution in [0.4, 0.5) is 11.4 Å². The van der Waals surface area contributed by atoms with Gasteiger partial charge in [-0.3, -0.25) is 4.79 Å². The third-order valence-corrected chi connectivity index (χ3v) is 3.14. The number of carbonyl (C=O) groups is 1. The number of carbonyl (C=O) groups excluding carboxylic acids is 1. The zero-order valence-electron chi connectivity index (χ0n) is 10.5. The predicted octanol–water partition coefficient (Wildman–Crippen LogP) is 1.62. The van der Waals surface area contributed by atoms with Crippen LogP contribution in [0.15, 0.2) is 12.1 Å². The van der Waals surface area contributed by atoms with Crippen molar-refractivity contribution in [3.05, 3.63) is 12.1 Å².